The predicted octanol–water partition coefficient (Wildman–Crippen LogP) is 2.49. The Bertz CT molecular complexity index is 2780. The van der Waals surface area contributed by atoms with Gasteiger partial charge in [0.15, 0.2) is 73.3 Å². The van der Waals surface area contributed by atoms with Crippen molar-refractivity contribution in [3.8, 4) is 0 Å². The second kappa shape index (κ2) is 26.6. The van der Waals surface area contributed by atoms with Gasteiger partial charge in [0.2, 0.25) is 0 Å². The molecule has 0 amide bonds. The number of halogens is 26. The monoisotopic (exact) mass is 1570 g/mol. The maximum absolute atomic E-state index is 12.0. The zero-order valence-electron chi connectivity index (χ0n) is 36.2. The molecule has 78 heavy (non-hydrogen) atoms. The Hall–Kier alpha value is -1.57. The Kier molecular flexibility index (Phi) is 26.7. The van der Waals surface area contributed by atoms with E-state index in [4.69, 9.17) is 0 Å². The van der Waals surface area contributed by atoms with Crippen molar-refractivity contribution in [1.82, 2.24) is 0 Å². The summed E-state index contributed by atoms with van der Waals surface area (Å²) in [5.74, 6) is 0. The van der Waals surface area contributed by atoms with Gasteiger partial charge in [-0.15, -0.1) is 0 Å². The molecule has 0 saturated carbocycles. The van der Waals surface area contributed by atoms with Crippen molar-refractivity contribution in [3.05, 3.63) is 143 Å². The molecule has 0 spiro atoms. The molecular weight excluding hydrogens is 1550 g/mol. The molecule has 12 nitrogen and oxygen atoms in total. The molecule has 0 bridgehead atoms. The van der Waals surface area contributed by atoms with Gasteiger partial charge in [0.25, 0.3) is 0 Å². The topological polar surface area (TPSA) is 205 Å². The van der Waals surface area contributed by atoms with E-state index in [2.05, 4.69) is 121 Å². The summed E-state index contributed by atoms with van der Waals surface area (Å²) in [6.07, 6.45) is 0. The SMILES string of the molecule is F[P-](F)(F)(F)(F)F.O=S(=O)([C-](S(=O)(=O)C(F)(F)F)S(=O)(=O)C(F)(F)F)C(F)(F)F.O=S(=O)([C-](S(=O)(=O)C(F)(F)F)S(=O)(=O)C(F)(F)F)C(F)(F)F.[K+].c1ccc([I+]c2ccccc2)cc1.c1ccc([I+]c2ccccc2)cc1. The van der Waals surface area contributed by atoms with Gasteiger partial charge >= 0.3 is 160 Å². The molecule has 0 aliphatic carbocycles. The molecule has 0 aliphatic rings. The summed E-state index contributed by atoms with van der Waals surface area (Å²) >= 11 is 0.0574. The van der Waals surface area contributed by atoms with Gasteiger partial charge in [0, 0.05) is 0 Å². The van der Waals surface area contributed by atoms with Crippen LogP contribution in [0, 0.1) is 22.1 Å². The van der Waals surface area contributed by atoms with Crippen LogP contribution in [0.2, 0.25) is 0 Å². The molecule has 0 atom stereocenters. The van der Waals surface area contributed by atoms with E-state index in [0.29, 0.717) is 0 Å². The van der Waals surface area contributed by atoms with E-state index < -0.39 is 108 Å². The first kappa shape index (κ1) is 78.5. The van der Waals surface area contributed by atoms with Gasteiger partial charge in [-0.1, -0.05) is 72.8 Å². The zero-order valence-corrected chi connectivity index (χ0v) is 49.4. The number of hydrogen-bond donors (Lipinski definition) is 0. The zero-order chi connectivity index (χ0) is 61.4. The van der Waals surface area contributed by atoms with Crippen LogP contribution in [0.5, 0.6) is 0 Å². The van der Waals surface area contributed by atoms with E-state index in [1.807, 2.05) is 0 Å². The Morgan fingerprint density at radius 2 is 0.372 bits per heavy atom. The van der Waals surface area contributed by atoms with Gasteiger partial charge in [-0.2, -0.15) is 79.0 Å². The third kappa shape index (κ3) is 24.3. The largest absolute Gasteiger partial charge is 1.00 e. The molecule has 4 rings (SSSR count). The summed E-state index contributed by atoms with van der Waals surface area (Å²) in [6, 6.07) is 42.8. The molecule has 444 valence electrons. The first-order valence-corrected chi connectivity index (χ1v) is 32.5. The van der Waals surface area contributed by atoms with Gasteiger partial charge in [-0.25, -0.2) is 0 Å². The Morgan fingerprint density at radius 3 is 0.462 bits per heavy atom. The molecule has 0 aromatic heterocycles. The van der Waals surface area contributed by atoms with E-state index in [1.54, 1.807) is 0 Å². The minimum Gasteiger partial charge on any atom is -0.251 e. The number of hydrogen-bond acceptors (Lipinski definition) is 12. The maximum Gasteiger partial charge on any atom is 1.00 e. The molecule has 4 aromatic rings. The van der Waals surface area contributed by atoms with Crippen molar-refractivity contribution in [1.29, 1.82) is 0 Å². The molecule has 4 aromatic carbocycles. The summed E-state index contributed by atoms with van der Waals surface area (Å²) in [5, 5.41) is 0. The molecule has 46 heteroatoms. The molecule has 0 N–H and O–H groups in total. The maximum atomic E-state index is 12.0. The fourth-order valence-electron chi connectivity index (χ4n) is 3.60. The average Bonchev–Trinajstić information content (AvgIpc) is 3.19. The van der Waals surface area contributed by atoms with Gasteiger partial charge in [0.05, 0.1) is 7.83 Å². The van der Waals surface area contributed by atoms with Crippen molar-refractivity contribution >= 4 is 66.8 Å². The van der Waals surface area contributed by atoms with Crippen LogP contribution in [-0.4, -0.2) is 83.6 Å². The molecule has 0 heterocycles. The Balaban J connectivity index is 0. The fourth-order valence-corrected chi connectivity index (χ4v) is 19.6. The summed E-state index contributed by atoms with van der Waals surface area (Å²) in [6.45, 7) is 0. The third-order valence-corrected chi connectivity index (χ3v) is 26.1. The third-order valence-electron chi connectivity index (χ3n) is 6.51. The minimum atomic E-state index is -10.7. The van der Waals surface area contributed by atoms with Crippen LogP contribution in [0.3, 0.4) is 0 Å². The van der Waals surface area contributed by atoms with Crippen LogP contribution in [-0.2, 0) is 59.0 Å². The van der Waals surface area contributed by atoms with E-state index >= 15 is 0 Å². The van der Waals surface area contributed by atoms with E-state index in [9.17, 15) is 155 Å². The van der Waals surface area contributed by atoms with Crippen molar-refractivity contribution in [2.75, 3.05) is 0 Å². The van der Waals surface area contributed by atoms with Crippen LogP contribution in [0.1, 0.15) is 0 Å². The molecule has 0 saturated heterocycles. The van der Waals surface area contributed by atoms with Crippen molar-refractivity contribution < 1.29 is 249 Å². The number of sulfone groups is 6. The minimum absolute atomic E-state index is 0. The van der Waals surface area contributed by atoms with Gasteiger partial charge < -0.3 is 0 Å². The summed E-state index contributed by atoms with van der Waals surface area (Å²) in [7, 11) is -58.8. The van der Waals surface area contributed by atoms with Crippen molar-refractivity contribution in [2.45, 2.75) is 33.0 Å². The fraction of sp³-hybridized carbons (Fsp3) is 0.188. The smallest absolute Gasteiger partial charge is 0.251 e. The van der Waals surface area contributed by atoms with Crippen molar-refractivity contribution in [2.24, 2.45) is 0 Å². The summed E-state index contributed by atoms with van der Waals surface area (Å²) in [4.78, 5) is 0. The van der Waals surface area contributed by atoms with Crippen LogP contribution in [0.15, 0.2) is 121 Å². The molecule has 0 unspecified atom stereocenters. The van der Waals surface area contributed by atoms with E-state index in [1.165, 1.54) is 14.3 Å². The predicted molar refractivity (Wildman–Crippen MR) is 210 cm³/mol. The molecule has 0 fully saturated rings. The normalized spacial score (nSPS) is 14.4. The standard InChI is InChI=1S/2C12H10I.2C4F9O6S3.F6P.K/c2*1-3-7-11(8-4-1)13-12-9-5-2-6-10-12;2*5-2(6,7)20(14,15)1(21(16,17)3(8,9)10)22(18,19)4(11,12)13;1-7(2,3,4,5)6;/h2*1-10H;;;;/q2*+1;3*-1;+1. The number of benzene rings is 4. The Labute approximate surface area is 486 Å². The van der Waals surface area contributed by atoms with Gasteiger partial charge in [0.1, 0.15) is 0 Å². The van der Waals surface area contributed by atoms with Crippen molar-refractivity contribution in [3.63, 3.8) is 0 Å². The Morgan fingerprint density at radius 1 is 0.269 bits per heavy atom. The average molecular weight is 1570 g/mol. The second-order valence-corrected chi connectivity index (χ2v) is 33.3. The van der Waals surface area contributed by atoms with E-state index in [-0.39, 0.29) is 93.8 Å². The van der Waals surface area contributed by atoms with Crippen LogP contribution in [0.25, 0.3) is 0 Å². The first-order chi connectivity index (χ1) is 33.6. The van der Waals surface area contributed by atoms with E-state index in [0.717, 1.165) is 0 Å². The number of rotatable bonds is 10. The van der Waals surface area contributed by atoms with Crippen LogP contribution < -0.4 is 93.8 Å². The molecular formula is C32H20F24I2KO12PS6. The summed E-state index contributed by atoms with van der Waals surface area (Å²) in [5.41, 5.74) is -42.3. The quantitative estimate of drug-likeness (QED) is 0.0739. The van der Waals surface area contributed by atoms with Gasteiger partial charge in [-0.05, 0) is 48.5 Å². The van der Waals surface area contributed by atoms with Crippen LogP contribution in [0.4, 0.5) is 104 Å². The molecule has 0 radical (unpaired) electrons. The second-order valence-electron chi connectivity index (χ2n) is 12.5. The number of alkyl halides is 18. The molecule has 0 aliphatic heterocycles. The first-order valence-electron chi connectivity index (χ1n) is 17.3. The van der Waals surface area contributed by atoms with Crippen LogP contribution >= 0.6 is 7.81 Å². The summed E-state index contributed by atoms with van der Waals surface area (Å²) < 4.78 is 400. The van der Waals surface area contributed by atoms with Gasteiger partial charge in [-0.3, -0.25) is 50.5 Å².